The van der Waals surface area contributed by atoms with Crippen LogP contribution in [0.25, 0.3) is 0 Å². The molecule has 0 aromatic heterocycles. The lowest BCUT2D eigenvalue weighted by atomic mass is 9.47. The molecule has 0 amide bonds. The van der Waals surface area contributed by atoms with E-state index in [2.05, 4.69) is 6.92 Å². The van der Waals surface area contributed by atoms with Gasteiger partial charge in [0.2, 0.25) is 5.78 Å². The Balaban J connectivity index is 1.37. The van der Waals surface area contributed by atoms with Crippen molar-refractivity contribution in [2.45, 2.75) is 68.2 Å². The Labute approximate surface area is 156 Å². The predicted octanol–water partition coefficient (Wildman–Crippen LogP) is 0.284. The molecule has 27 heavy (non-hydrogen) atoms. The maximum absolute atomic E-state index is 13.7. The fourth-order valence-electron chi connectivity index (χ4n) is 7.44. The number of aliphatic hydroxyl groups excluding tert-OH is 1. The second-order valence-corrected chi connectivity index (χ2v) is 9.65. The van der Waals surface area contributed by atoms with Gasteiger partial charge < -0.3 is 24.1 Å². The molecule has 0 aromatic carbocycles. The molecule has 2 spiro atoms. The minimum atomic E-state index is -0.955. The van der Waals surface area contributed by atoms with Crippen LogP contribution in [-0.4, -0.2) is 65.2 Å². The number of cyclic esters (lactones) is 1. The standard InChI is InChI=1S/C20H22O7/c1-8(6-21)18-13(26-18)14-20(27-14)17(2)4-3-9-10(7-24-15(9)22)11(17)5-12-19(20,25-12)16(18)23/h8,11-14,21H,3-7H2,1-2H3. The van der Waals surface area contributed by atoms with Crippen LogP contribution >= 0.6 is 0 Å². The van der Waals surface area contributed by atoms with Crippen molar-refractivity contribution in [1.82, 2.24) is 0 Å². The molecule has 7 heteroatoms. The van der Waals surface area contributed by atoms with Gasteiger partial charge in [-0.3, -0.25) is 4.79 Å². The monoisotopic (exact) mass is 374 g/mol. The molecule has 7 rings (SSSR count). The number of epoxide rings is 3. The molecule has 7 aliphatic rings. The number of carbonyl (C=O) groups excluding carboxylic acids is 2. The van der Waals surface area contributed by atoms with Crippen LogP contribution in [0.5, 0.6) is 0 Å². The van der Waals surface area contributed by atoms with Crippen LogP contribution in [0.2, 0.25) is 0 Å². The Morgan fingerprint density at radius 3 is 2.81 bits per heavy atom. The zero-order valence-corrected chi connectivity index (χ0v) is 15.3. The Hall–Kier alpha value is -1.28. The first kappa shape index (κ1) is 15.6. The molecule has 0 radical (unpaired) electrons. The van der Waals surface area contributed by atoms with Crippen molar-refractivity contribution in [3.05, 3.63) is 11.1 Å². The summed E-state index contributed by atoms with van der Waals surface area (Å²) in [6.07, 6.45) is 1.48. The highest BCUT2D eigenvalue weighted by Crippen LogP contribution is 2.81. The summed E-state index contributed by atoms with van der Waals surface area (Å²) in [4.78, 5) is 25.8. The molecule has 5 fully saturated rings. The van der Waals surface area contributed by atoms with E-state index in [9.17, 15) is 14.7 Å². The number of carbonyl (C=O) groups is 2. The van der Waals surface area contributed by atoms with E-state index in [1.54, 1.807) is 0 Å². The zero-order chi connectivity index (χ0) is 18.6. The van der Waals surface area contributed by atoms with Crippen molar-refractivity contribution in [3.8, 4) is 0 Å². The number of fused-ring (bicyclic) bond motifs is 4. The molecule has 3 saturated heterocycles. The summed E-state index contributed by atoms with van der Waals surface area (Å²) in [5.41, 5.74) is -0.940. The Bertz CT molecular complexity index is 880. The van der Waals surface area contributed by atoms with Crippen molar-refractivity contribution in [3.63, 3.8) is 0 Å². The quantitative estimate of drug-likeness (QED) is 0.547. The number of ether oxygens (including phenoxy) is 4. The second kappa shape index (κ2) is 4.03. The zero-order valence-electron chi connectivity index (χ0n) is 15.3. The van der Waals surface area contributed by atoms with Gasteiger partial charge in [-0.15, -0.1) is 0 Å². The third kappa shape index (κ3) is 1.26. The molecule has 9 atom stereocenters. The molecule has 3 aliphatic carbocycles. The van der Waals surface area contributed by atoms with E-state index in [-0.39, 0.29) is 53.9 Å². The second-order valence-electron chi connectivity index (χ2n) is 9.65. The number of Topliss-reactive ketones (excluding diaryl/α,β-unsaturated/α-hetero) is 1. The Morgan fingerprint density at radius 1 is 1.22 bits per heavy atom. The van der Waals surface area contributed by atoms with E-state index < -0.39 is 16.8 Å². The normalized spacial score (nSPS) is 59.5. The van der Waals surface area contributed by atoms with Crippen molar-refractivity contribution in [2.75, 3.05) is 13.2 Å². The van der Waals surface area contributed by atoms with Gasteiger partial charge in [0, 0.05) is 23.5 Å². The highest BCUT2D eigenvalue weighted by Gasteiger charge is 3.01. The SMILES string of the molecule is CC(CO)C12OC1C1OC13C1(C)CCC4=C(COC4=O)C1CC1OC13C2=O. The van der Waals surface area contributed by atoms with Gasteiger partial charge in [-0.1, -0.05) is 13.8 Å². The van der Waals surface area contributed by atoms with Crippen LogP contribution in [0, 0.1) is 17.3 Å². The molecule has 4 aliphatic heterocycles. The molecule has 4 heterocycles. The van der Waals surface area contributed by atoms with Gasteiger partial charge in [0.05, 0.1) is 6.10 Å². The third-order valence-corrected chi connectivity index (χ3v) is 8.97. The van der Waals surface area contributed by atoms with E-state index >= 15 is 0 Å². The molecule has 144 valence electrons. The number of ketones is 1. The first-order valence-electron chi connectivity index (χ1n) is 9.96. The lowest BCUT2D eigenvalue weighted by Gasteiger charge is -2.51. The number of esters is 1. The maximum Gasteiger partial charge on any atom is 0.334 e. The Morgan fingerprint density at radius 2 is 2.04 bits per heavy atom. The highest BCUT2D eigenvalue weighted by atomic mass is 16.7. The lowest BCUT2D eigenvalue weighted by Crippen LogP contribution is -2.67. The average Bonchev–Trinajstić information content (AvgIpc) is 3.54. The maximum atomic E-state index is 13.7. The molecular weight excluding hydrogens is 352 g/mol. The summed E-state index contributed by atoms with van der Waals surface area (Å²) < 4.78 is 23.9. The number of hydrogen-bond acceptors (Lipinski definition) is 7. The van der Waals surface area contributed by atoms with Crippen LogP contribution in [0.1, 0.15) is 33.1 Å². The topological polar surface area (TPSA) is 101 Å². The summed E-state index contributed by atoms with van der Waals surface area (Å²) in [5.74, 6) is -0.359. The van der Waals surface area contributed by atoms with Gasteiger partial charge in [-0.2, -0.15) is 0 Å². The van der Waals surface area contributed by atoms with E-state index in [1.165, 1.54) is 0 Å². The van der Waals surface area contributed by atoms with Crippen LogP contribution in [0.3, 0.4) is 0 Å². The minimum Gasteiger partial charge on any atom is -0.458 e. The summed E-state index contributed by atoms with van der Waals surface area (Å²) in [6, 6.07) is 0. The molecule has 7 nitrogen and oxygen atoms in total. The number of aliphatic hydroxyl groups is 1. The van der Waals surface area contributed by atoms with E-state index in [0.717, 1.165) is 17.6 Å². The highest BCUT2D eigenvalue weighted by molar-refractivity contribution is 6.05. The smallest absolute Gasteiger partial charge is 0.334 e. The van der Waals surface area contributed by atoms with Crippen molar-refractivity contribution < 1.29 is 33.6 Å². The number of rotatable bonds is 2. The number of hydrogen-bond donors (Lipinski definition) is 1. The fraction of sp³-hybridized carbons (Fsp3) is 0.800. The summed E-state index contributed by atoms with van der Waals surface area (Å²) in [5, 5.41) is 9.69. The molecule has 9 unspecified atom stereocenters. The Kier molecular flexibility index (Phi) is 2.33. The fourth-order valence-corrected chi connectivity index (χ4v) is 7.44. The molecule has 0 aromatic rings. The lowest BCUT2D eigenvalue weighted by molar-refractivity contribution is -0.140. The first-order valence-corrected chi connectivity index (χ1v) is 9.96. The van der Waals surface area contributed by atoms with Crippen molar-refractivity contribution in [2.24, 2.45) is 17.3 Å². The van der Waals surface area contributed by atoms with E-state index in [1.807, 2.05) is 6.92 Å². The van der Waals surface area contributed by atoms with Gasteiger partial charge in [0.15, 0.2) is 11.2 Å². The first-order chi connectivity index (χ1) is 12.9. The summed E-state index contributed by atoms with van der Waals surface area (Å²) in [7, 11) is 0. The van der Waals surface area contributed by atoms with Crippen molar-refractivity contribution in [1.29, 1.82) is 0 Å². The van der Waals surface area contributed by atoms with Crippen molar-refractivity contribution >= 4 is 11.8 Å². The molecule has 1 N–H and O–H groups in total. The average molecular weight is 374 g/mol. The van der Waals surface area contributed by atoms with Crippen LogP contribution in [-0.2, 0) is 28.5 Å². The van der Waals surface area contributed by atoms with Crippen LogP contribution in [0.4, 0.5) is 0 Å². The predicted molar refractivity (Wildman–Crippen MR) is 87.5 cm³/mol. The minimum absolute atomic E-state index is 0.0292. The largest absolute Gasteiger partial charge is 0.458 e. The molecule has 0 bridgehead atoms. The van der Waals surface area contributed by atoms with Gasteiger partial charge in [0.1, 0.15) is 24.4 Å². The van der Waals surface area contributed by atoms with Gasteiger partial charge in [-0.25, -0.2) is 4.79 Å². The molecule has 2 saturated carbocycles. The van der Waals surface area contributed by atoms with Crippen LogP contribution in [0.15, 0.2) is 11.1 Å². The third-order valence-electron chi connectivity index (χ3n) is 8.97. The van der Waals surface area contributed by atoms with Crippen LogP contribution < -0.4 is 0 Å². The summed E-state index contributed by atoms with van der Waals surface area (Å²) >= 11 is 0. The van der Waals surface area contributed by atoms with Gasteiger partial charge in [0.25, 0.3) is 0 Å². The van der Waals surface area contributed by atoms with Gasteiger partial charge >= 0.3 is 5.97 Å². The van der Waals surface area contributed by atoms with E-state index in [0.29, 0.717) is 19.4 Å². The van der Waals surface area contributed by atoms with Gasteiger partial charge in [-0.05, 0) is 30.8 Å². The van der Waals surface area contributed by atoms with E-state index in [4.69, 9.17) is 18.9 Å². The summed E-state index contributed by atoms with van der Waals surface area (Å²) in [6.45, 7) is 4.31. The molecular formula is C20H22O7.